The second kappa shape index (κ2) is 6.55. The average Bonchev–Trinajstić information content (AvgIpc) is 2.47. The number of methoxy groups -OCH3 is 2. The van der Waals surface area contributed by atoms with Gasteiger partial charge in [0.05, 0.1) is 14.2 Å². The number of aromatic nitrogens is 3. The molecule has 2 aromatic rings. The second-order valence-electron chi connectivity index (χ2n) is 4.02. The molecule has 1 aromatic carbocycles. The first-order valence-electron chi connectivity index (χ1n) is 6.09. The lowest BCUT2D eigenvalue weighted by molar-refractivity contribution is 0.354. The quantitative estimate of drug-likeness (QED) is 0.812. The van der Waals surface area contributed by atoms with Crippen molar-refractivity contribution in [3.63, 3.8) is 0 Å². The van der Waals surface area contributed by atoms with E-state index in [0.717, 1.165) is 12.0 Å². The van der Waals surface area contributed by atoms with E-state index in [4.69, 9.17) is 9.47 Å². The standard InChI is InChI=1S/C13H16N4O3/c1-19-10-4-3-9(7-11(10)20-2)5-6-14-12-15-8-16-13(18)17-12/h3-4,7-8H,5-6H2,1-2H3,(H2,14,15,16,17,18). The van der Waals surface area contributed by atoms with Gasteiger partial charge in [-0.15, -0.1) is 0 Å². The molecule has 20 heavy (non-hydrogen) atoms. The van der Waals surface area contributed by atoms with Crippen molar-refractivity contribution < 1.29 is 9.47 Å². The maximum absolute atomic E-state index is 11.0. The fourth-order valence-corrected chi connectivity index (χ4v) is 1.76. The lowest BCUT2D eigenvalue weighted by Gasteiger charge is -2.10. The highest BCUT2D eigenvalue weighted by Crippen LogP contribution is 2.27. The van der Waals surface area contributed by atoms with Crippen molar-refractivity contribution in [2.75, 3.05) is 26.1 Å². The number of rotatable bonds is 6. The zero-order valence-corrected chi connectivity index (χ0v) is 11.3. The molecule has 0 unspecified atom stereocenters. The van der Waals surface area contributed by atoms with E-state index in [2.05, 4.69) is 20.3 Å². The summed E-state index contributed by atoms with van der Waals surface area (Å²) in [4.78, 5) is 20.9. The number of H-pyrrole nitrogens is 1. The van der Waals surface area contributed by atoms with E-state index in [1.165, 1.54) is 6.33 Å². The molecule has 2 N–H and O–H groups in total. The Morgan fingerprint density at radius 2 is 2.00 bits per heavy atom. The summed E-state index contributed by atoms with van der Waals surface area (Å²) in [6, 6.07) is 5.75. The van der Waals surface area contributed by atoms with Gasteiger partial charge in [0.1, 0.15) is 6.33 Å². The molecular formula is C13H16N4O3. The predicted molar refractivity (Wildman–Crippen MR) is 74.4 cm³/mol. The van der Waals surface area contributed by atoms with Gasteiger partial charge in [-0.1, -0.05) is 6.07 Å². The first-order chi connectivity index (χ1) is 9.72. The van der Waals surface area contributed by atoms with Crippen LogP contribution in [0.5, 0.6) is 11.5 Å². The third-order valence-corrected chi connectivity index (χ3v) is 2.74. The summed E-state index contributed by atoms with van der Waals surface area (Å²) in [5.74, 6) is 1.80. The number of ether oxygens (including phenoxy) is 2. The Hall–Kier alpha value is -2.57. The van der Waals surface area contributed by atoms with Crippen molar-refractivity contribution in [2.24, 2.45) is 0 Å². The Morgan fingerprint density at radius 1 is 1.20 bits per heavy atom. The highest BCUT2D eigenvalue weighted by atomic mass is 16.5. The number of benzene rings is 1. The van der Waals surface area contributed by atoms with Crippen molar-refractivity contribution in [3.8, 4) is 11.5 Å². The van der Waals surface area contributed by atoms with E-state index in [1.54, 1.807) is 14.2 Å². The number of aromatic amines is 1. The monoisotopic (exact) mass is 276 g/mol. The van der Waals surface area contributed by atoms with Crippen LogP contribution in [0.1, 0.15) is 5.56 Å². The highest BCUT2D eigenvalue weighted by molar-refractivity contribution is 5.43. The number of nitrogens with one attached hydrogen (secondary N) is 2. The molecule has 7 nitrogen and oxygen atoms in total. The molecule has 0 aliphatic heterocycles. The first kappa shape index (κ1) is 13.9. The number of nitrogens with zero attached hydrogens (tertiary/aromatic N) is 2. The summed E-state index contributed by atoms with van der Waals surface area (Å²) < 4.78 is 10.4. The zero-order chi connectivity index (χ0) is 14.4. The highest BCUT2D eigenvalue weighted by Gasteiger charge is 2.04. The third-order valence-electron chi connectivity index (χ3n) is 2.74. The molecule has 1 heterocycles. The molecule has 0 fully saturated rings. The van der Waals surface area contributed by atoms with Crippen LogP contribution in [0.25, 0.3) is 0 Å². The molecule has 0 amide bonds. The Balaban J connectivity index is 1.95. The van der Waals surface area contributed by atoms with Crippen LogP contribution in [0.4, 0.5) is 5.95 Å². The van der Waals surface area contributed by atoms with Gasteiger partial charge in [-0.05, 0) is 24.1 Å². The van der Waals surface area contributed by atoms with Gasteiger partial charge in [-0.2, -0.15) is 4.98 Å². The van der Waals surface area contributed by atoms with Crippen molar-refractivity contribution in [1.82, 2.24) is 15.0 Å². The minimum absolute atomic E-state index is 0.408. The normalized spacial score (nSPS) is 10.1. The SMILES string of the molecule is COc1ccc(CCNc2ncnc(=O)[nH]2)cc1OC. The van der Waals surface area contributed by atoms with Crippen LogP contribution in [0.15, 0.2) is 29.3 Å². The lowest BCUT2D eigenvalue weighted by atomic mass is 10.1. The van der Waals surface area contributed by atoms with Crippen LogP contribution < -0.4 is 20.5 Å². The number of hydrogen-bond donors (Lipinski definition) is 2. The Bertz CT molecular complexity index is 627. The first-order valence-corrected chi connectivity index (χ1v) is 6.09. The maximum Gasteiger partial charge on any atom is 0.349 e. The molecule has 0 saturated carbocycles. The molecule has 106 valence electrons. The minimum atomic E-state index is -0.423. The van der Waals surface area contributed by atoms with Gasteiger partial charge in [0.25, 0.3) is 0 Å². The van der Waals surface area contributed by atoms with E-state index >= 15 is 0 Å². The van der Waals surface area contributed by atoms with Crippen molar-refractivity contribution in [3.05, 3.63) is 40.6 Å². The summed E-state index contributed by atoms with van der Waals surface area (Å²) in [5.41, 5.74) is 0.667. The summed E-state index contributed by atoms with van der Waals surface area (Å²) in [7, 11) is 3.20. The van der Waals surface area contributed by atoms with E-state index in [-0.39, 0.29) is 0 Å². The number of anilines is 1. The number of hydrogen-bond acceptors (Lipinski definition) is 6. The van der Waals surface area contributed by atoms with Gasteiger partial charge in [-0.3, -0.25) is 4.98 Å². The molecule has 0 aliphatic carbocycles. The Labute approximate surface area is 116 Å². The Morgan fingerprint density at radius 3 is 2.70 bits per heavy atom. The van der Waals surface area contributed by atoms with Crippen molar-refractivity contribution in [1.29, 1.82) is 0 Å². The van der Waals surface area contributed by atoms with Crippen LogP contribution in [0, 0.1) is 0 Å². The van der Waals surface area contributed by atoms with Crippen LogP contribution in [-0.2, 0) is 6.42 Å². The molecule has 0 spiro atoms. The molecule has 7 heteroatoms. The minimum Gasteiger partial charge on any atom is -0.493 e. The van der Waals surface area contributed by atoms with Crippen LogP contribution >= 0.6 is 0 Å². The van der Waals surface area contributed by atoms with Gasteiger partial charge >= 0.3 is 5.69 Å². The summed E-state index contributed by atoms with van der Waals surface area (Å²) >= 11 is 0. The molecule has 0 aliphatic rings. The fourth-order valence-electron chi connectivity index (χ4n) is 1.76. The molecule has 2 rings (SSSR count). The Kier molecular flexibility index (Phi) is 4.54. The van der Waals surface area contributed by atoms with E-state index in [9.17, 15) is 4.79 Å². The van der Waals surface area contributed by atoms with Crippen LogP contribution in [-0.4, -0.2) is 35.7 Å². The molecule has 0 atom stereocenters. The molecular weight excluding hydrogens is 260 g/mol. The summed E-state index contributed by atoms with van der Waals surface area (Å²) in [6.07, 6.45) is 1.98. The van der Waals surface area contributed by atoms with Gasteiger partial charge in [0.15, 0.2) is 11.5 Å². The largest absolute Gasteiger partial charge is 0.493 e. The van der Waals surface area contributed by atoms with Crippen LogP contribution in [0.2, 0.25) is 0 Å². The van der Waals surface area contributed by atoms with Gasteiger partial charge in [-0.25, -0.2) is 9.78 Å². The van der Waals surface area contributed by atoms with Gasteiger partial charge in [0, 0.05) is 6.54 Å². The van der Waals surface area contributed by atoms with Crippen LogP contribution in [0.3, 0.4) is 0 Å². The third kappa shape index (κ3) is 3.47. The van der Waals surface area contributed by atoms with E-state index < -0.39 is 5.69 Å². The topological polar surface area (TPSA) is 89.1 Å². The molecule has 0 saturated heterocycles. The molecule has 0 bridgehead atoms. The van der Waals surface area contributed by atoms with Gasteiger partial charge < -0.3 is 14.8 Å². The van der Waals surface area contributed by atoms with E-state index in [1.807, 2.05) is 18.2 Å². The molecule has 1 aromatic heterocycles. The molecule has 0 radical (unpaired) electrons. The second-order valence-corrected chi connectivity index (χ2v) is 4.02. The summed E-state index contributed by atoms with van der Waals surface area (Å²) in [6.45, 7) is 0.627. The maximum atomic E-state index is 11.0. The van der Waals surface area contributed by atoms with Gasteiger partial charge in [0.2, 0.25) is 5.95 Å². The van der Waals surface area contributed by atoms with E-state index in [0.29, 0.717) is 24.0 Å². The van der Waals surface area contributed by atoms with Crippen molar-refractivity contribution >= 4 is 5.95 Å². The fraction of sp³-hybridized carbons (Fsp3) is 0.308. The average molecular weight is 276 g/mol. The smallest absolute Gasteiger partial charge is 0.349 e. The van der Waals surface area contributed by atoms with Crippen molar-refractivity contribution in [2.45, 2.75) is 6.42 Å². The predicted octanol–water partition coefficient (Wildman–Crippen LogP) is 0.837. The summed E-state index contributed by atoms with van der Waals surface area (Å²) in [5, 5.41) is 3.02. The lowest BCUT2D eigenvalue weighted by Crippen LogP contribution is -2.16. The zero-order valence-electron chi connectivity index (χ0n) is 11.3.